The van der Waals surface area contributed by atoms with Crippen LogP contribution in [0.3, 0.4) is 0 Å². The Morgan fingerprint density at radius 3 is 2.70 bits per heavy atom. The van der Waals surface area contributed by atoms with Gasteiger partial charge in [-0.05, 0) is 37.7 Å². The predicted molar refractivity (Wildman–Crippen MR) is 109 cm³/mol. The average Bonchev–Trinajstić information content (AvgIpc) is 3.48. The third-order valence-electron chi connectivity index (χ3n) is 4.11. The van der Waals surface area contributed by atoms with Crippen LogP contribution in [0.1, 0.15) is 31.7 Å². The topological polar surface area (TPSA) is 91.8 Å². The molecule has 1 saturated carbocycles. The Morgan fingerprint density at radius 2 is 2.00 bits per heavy atom. The van der Waals surface area contributed by atoms with Crippen molar-refractivity contribution in [3.05, 3.63) is 35.9 Å². The smallest absolute Gasteiger partial charge is 0.213 e. The number of rotatable bonds is 13. The minimum atomic E-state index is -3.34. The van der Waals surface area contributed by atoms with Crippen molar-refractivity contribution >= 4 is 16.0 Å². The van der Waals surface area contributed by atoms with E-state index in [1.54, 1.807) is 0 Å². The molecule has 27 heavy (non-hydrogen) atoms. The number of hydrogen-bond acceptors (Lipinski definition) is 4. The number of hydrogen-bond donors (Lipinski definition) is 3. The molecule has 0 bridgehead atoms. The van der Waals surface area contributed by atoms with Crippen LogP contribution < -0.4 is 15.4 Å². The molecule has 1 aliphatic rings. The molecule has 0 saturated heterocycles. The maximum Gasteiger partial charge on any atom is 0.213 e. The summed E-state index contributed by atoms with van der Waals surface area (Å²) in [5, 5.41) is 6.20. The highest BCUT2D eigenvalue weighted by Gasteiger charge is 2.20. The first-order chi connectivity index (χ1) is 13.1. The fraction of sp³-hybridized carbons (Fsp3) is 0.632. The molecule has 1 aromatic carbocycles. The second-order valence-electron chi connectivity index (χ2n) is 6.68. The number of guanidine groups is 1. The van der Waals surface area contributed by atoms with Crippen molar-refractivity contribution in [2.45, 2.75) is 32.7 Å². The lowest BCUT2D eigenvalue weighted by Crippen LogP contribution is -2.41. The molecular formula is C19H32N4O3S. The summed E-state index contributed by atoms with van der Waals surface area (Å²) in [5.74, 6) is 1.41. The molecule has 1 fully saturated rings. The molecule has 0 atom stereocenters. The van der Waals surface area contributed by atoms with E-state index in [1.165, 1.54) is 12.8 Å². The van der Waals surface area contributed by atoms with Gasteiger partial charge in [0.2, 0.25) is 10.0 Å². The molecule has 0 amide bonds. The lowest BCUT2D eigenvalue weighted by atomic mass is 10.2. The molecule has 0 aliphatic heterocycles. The van der Waals surface area contributed by atoms with E-state index in [2.05, 4.69) is 20.3 Å². The molecule has 8 heteroatoms. The van der Waals surface area contributed by atoms with Crippen molar-refractivity contribution < 1.29 is 13.2 Å². The van der Waals surface area contributed by atoms with Gasteiger partial charge < -0.3 is 15.4 Å². The highest BCUT2D eigenvalue weighted by atomic mass is 32.2. The molecule has 3 N–H and O–H groups in total. The standard InChI is InChI=1S/C19H32N4O3S/c1-2-20-19(21-11-6-13-26-16-18-9-10-18)22-12-14-27(24,25)23-15-17-7-4-3-5-8-17/h3-5,7-8,18,23H,2,6,9-16H2,1H3,(H2,20,21,22). The molecule has 0 unspecified atom stereocenters. The lowest BCUT2D eigenvalue weighted by Gasteiger charge is -2.12. The summed E-state index contributed by atoms with van der Waals surface area (Å²) in [7, 11) is -3.34. The Bertz CT molecular complexity index is 661. The van der Waals surface area contributed by atoms with Gasteiger partial charge in [0.05, 0.1) is 5.75 Å². The van der Waals surface area contributed by atoms with Gasteiger partial charge in [-0.25, -0.2) is 13.1 Å². The van der Waals surface area contributed by atoms with Crippen LogP contribution in [0.2, 0.25) is 0 Å². The number of sulfonamides is 1. The molecule has 1 aromatic rings. The van der Waals surface area contributed by atoms with Crippen molar-refractivity contribution in [3.8, 4) is 0 Å². The predicted octanol–water partition coefficient (Wildman–Crippen LogP) is 1.48. The minimum Gasteiger partial charge on any atom is -0.381 e. The first kappa shape index (κ1) is 21.7. The van der Waals surface area contributed by atoms with Gasteiger partial charge in [-0.15, -0.1) is 0 Å². The van der Waals surface area contributed by atoms with E-state index in [-0.39, 0.29) is 5.75 Å². The Labute approximate surface area is 163 Å². The van der Waals surface area contributed by atoms with Crippen LogP contribution >= 0.6 is 0 Å². The van der Waals surface area contributed by atoms with Crippen molar-refractivity contribution in [1.29, 1.82) is 0 Å². The molecule has 0 aromatic heterocycles. The van der Waals surface area contributed by atoms with Crippen molar-refractivity contribution in [1.82, 2.24) is 15.4 Å². The Hall–Kier alpha value is -1.64. The summed E-state index contributed by atoms with van der Waals surface area (Å²) in [5.41, 5.74) is 0.938. The molecule has 0 spiro atoms. The maximum absolute atomic E-state index is 12.1. The zero-order chi connectivity index (χ0) is 19.4. The van der Waals surface area contributed by atoms with Crippen LogP contribution in [0.25, 0.3) is 0 Å². The van der Waals surface area contributed by atoms with E-state index in [1.807, 2.05) is 37.3 Å². The van der Waals surface area contributed by atoms with Gasteiger partial charge in [0.1, 0.15) is 0 Å². The van der Waals surface area contributed by atoms with Gasteiger partial charge in [0.25, 0.3) is 0 Å². The Balaban J connectivity index is 1.63. The fourth-order valence-electron chi connectivity index (χ4n) is 2.40. The number of nitrogens with one attached hydrogen (secondary N) is 3. The molecule has 0 radical (unpaired) electrons. The van der Waals surface area contributed by atoms with Crippen LogP contribution in [0.5, 0.6) is 0 Å². The molecular weight excluding hydrogens is 364 g/mol. The minimum absolute atomic E-state index is 0.00521. The Kier molecular flexibility index (Phi) is 9.58. The highest BCUT2D eigenvalue weighted by Crippen LogP contribution is 2.28. The van der Waals surface area contributed by atoms with E-state index in [0.29, 0.717) is 25.6 Å². The van der Waals surface area contributed by atoms with E-state index in [9.17, 15) is 8.42 Å². The number of aliphatic imine (C=N–C) groups is 1. The van der Waals surface area contributed by atoms with Crippen LogP contribution in [0.15, 0.2) is 35.3 Å². The normalized spacial score (nSPS) is 14.9. The third-order valence-corrected chi connectivity index (χ3v) is 5.44. The first-order valence-corrected chi connectivity index (χ1v) is 11.4. The maximum atomic E-state index is 12.1. The summed E-state index contributed by atoms with van der Waals surface area (Å²) in [4.78, 5) is 4.46. The number of benzene rings is 1. The number of ether oxygens (including phenoxy) is 1. The van der Waals surface area contributed by atoms with Gasteiger partial charge in [0.15, 0.2) is 5.96 Å². The van der Waals surface area contributed by atoms with Gasteiger partial charge in [0, 0.05) is 39.4 Å². The second-order valence-corrected chi connectivity index (χ2v) is 8.61. The van der Waals surface area contributed by atoms with Gasteiger partial charge in [-0.2, -0.15) is 0 Å². The largest absolute Gasteiger partial charge is 0.381 e. The highest BCUT2D eigenvalue weighted by molar-refractivity contribution is 7.89. The fourth-order valence-corrected chi connectivity index (χ4v) is 3.30. The molecule has 0 heterocycles. The summed E-state index contributed by atoms with van der Waals surface area (Å²) in [6.45, 7) is 5.55. The molecule has 1 aliphatic carbocycles. The van der Waals surface area contributed by atoms with Crippen LogP contribution in [0.4, 0.5) is 0 Å². The van der Waals surface area contributed by atoms with Crippen molar-refractivity contribution in [2.24, 2.45) is 10.9 Å². The van der Waals surface area contributed by atoms with Crippen LogP contribution in [-0.2, 0) is 21.3 Å². The first-order valence-electron chi connectivity index (χ1n) is 9.70. The van der Waals surface area contributed by atoms with Gasteiger partial charge >= 0.3 is 0 Å². The van der Waals surface area contributed by atoms with E-state index in [4.69, 9.17) is 4.74 Å². The summed E-state index contributed by atoms with van der Waals surface area (Å²) >= 11 is 0. The van der Waals surface area contributed by atoms with E-state index >= 15 is 0 Å². The molecule has 7 nitrogen and oxygen atoms in total. The SMILES string of the molecule is CCNC(=NCCCOCC1CC1)NCCS(=O)(=O)NCc1ccccc1. The number of nitrogens with zero attached hydrogens (tertiary/aromatic N) is 1. The lowest BCUT2D eigenvalue weighted by molar-refractivity contribution is 0.123. The van der Waals surface area contributed by atoms with Crippen molar-refractivity contribution in [3.63, 3.8) is 0 Å². The van der Waals surface area contributed by atoms with Crippen LogP contribution in [-0.4, -0.2) is 53.0 Å². The van der Waals surface area contributed by atoms with Crippen molar-refractivity contribution in [2.75, 3.05) is 38.6 Å². The van der Waals surface area contributed by atoms with E-state index in [0.717, 1.165) is 37.7 Å². The average molecular weight is 397 g/mol. The zero-order valence-electron chi connectivity index (χ0n) is 16.1. The summed E-state index contributed by atoms with van der Waals surface area (Å²) < 4.78 is 32.4. The third kappa shape index (κ3) is 10.3. The quantitative estimate of drug-likeness (QED) is 0.267. The zero-order valence-corrected chi connectivity index (χ0v) is 16.9. The van der Waals surface area contributed by atoms with Gasteiger partial charge in [-0.3, -0.25) is 4.99 Å². The summed E-state index contributed by atoms with van der Waals surface area (Å²) in [6, 6.07) is 9.47. The molecule has 2 rings (SSSR count). The monoisotopic (exact) mass is 396 g/mol. The van der Waals surface area contributed by atoms with Crippen LogP contribution in [0, 0.1) is 5.92 Å². The Morgan fingerprint density at radius 1 is 1.22 bits per heavy atom. The van der Waals surface area contributed by atoms with E-state index < -0.39 is 10.0 Å². The summed E-state index contributed by atoms with van der Waals surface area (Å²) in [6.07, 6.45) is 3.46. The van der Waals surface area contributed by atoms with Gasteiger partial charge in [-0.1, -0.05) is 30.3 Å². The molecule has 152 valence electrons. The second kappa shape index (κ2) is 11.9.